The average Bonchev–Trinajstić information content (AvgIpc) is 2.61. The van der Waals surface area contributed by atoms with E-state index in [-0.39, 0.29) is 11.8 Å². The van der Waals surface area contributed by atoms with Gasteiger partial charge in [0.15, 0.2) is 0 Å². The van der Waals surface area contributed by atoms with Crippen LogP contribution < -0.4 is 14.4 Å². The minimum Gasteiger partial charge on any atom is -0.491 e. The number of hydrogen-bond acceptors (Lipinski definition) is 4. The van der Waals surface area contributed by atoms with E-state index in [9.17, 15) is 26.4 Å². The van der Waals surface area contributed by atoms with Crippen LogP contribution in [0.1, 0.15) is 26.3 Å². The second-order valence-corrected chi connectivity index (χ2v) is 8.82. The maximum atomic E-state index is 13.0. The summed E-state index contributed by atoms with van der Waals surface area (Å²) in [6.07, 6.45) is -3.85. The van der Waals surface area contributed by atoms with Gasteiger partial charge >= 0.3 is 6.18 Å². The number of rotatable bonds is 7. The van der Waals surface area contributed by atoms with Gasteiger partial charge in [-0.25, -0.2) is 8.42 Å². The van der Waals surface area contributed by atoms with Crippen LogP contribution in [0.2, 0.25) is 0 Å². The number of sulfonamides is 1. The predicted molar refractivity (Wildman–Crippen MR) is 109 cm³/mol. The number of carbonyl (C=O) groups excluding carboxylic acids is 1. The summed E-state index contributed by atoms with van der Waals surface area (Å²) < 4.78 is 69.8. The van der Waals surface area contributed by atoms with Crippen LogP contribution in [0, 0.1) is 0 Å². The number of benzene rings is 2. The lowest BCUT2D eigenvalue weighted by Crippen LogP contribution is -2.45. The van der Waals surface area contributed by atoms with Gasteiger partial charge in [-0.2, -0.15) is 13.2 Å². The Balaban J connectivity index is 2.27. The molecule has 0 aromatic heterocycles. The summed E-state index contributed by atoms with van der Waals surface area (Å²) in [6.45, 7) is 5.03. The molecule has 164 valence electrons. The summed E-state index contributed by atoms with van der Waals surface area (Å²) in [5, 5.41) is 2.57. The first-order chi connectivity index (χ1) is 13.8. The SMILES string of the molecule is CC(C)Oc1ccc(NC(=O)[C@@H](C)N(c2cccc(C(F)(F)F)c2)S(C)(=O)=O)cc1. The van der Waals surface area contributed by atoms with Crippen LogP contribution in [0.25, 0.3) is 0 Å². The zero-order chi connectivity index (χ0) is 22.7. The topological polar surface area (TPSA) is 75.7 Å². The number of ether oxygens (including phenoxy) is 1. The zero-order valence-corrected chi connectivity index (χ0v) is 17.7. The van der Waals surface area contributed by atoms with Gasteiger partial charge in [0.05, 0.1) is 23.6 Å². The molecule has 2 aromatic carbocycles. The lowest BCUT2D eigenvalue weighted by atomic mass is 10.1. The number of amides is 1. The van der Waals surface area contributed by atoms with Gasteiger partial charge in [-0.1, -0.05) is 6.07 Å². The molecule has 0 bridgehead atoms. The molecule has 1 amide bonds. The Labute approximate surface area is 173 Å². The van der Waals surface area contributed by atoms with Gasteiger partial charge in [-0.05, 0) is 63.2 Å². The highest BCUT2D eigenvalue weighted by Crippen LogP contribution is 2.33. The molecule has 0 radical (unpaired) electrons. The van der Waals surface area contributed by atoms with Crippen LogP contribution in [0.3, 0.4) is 0 Å². The third-order valence-corrected chi connectivity index (χ3v) is 5.25. The molecule has 10 heteroatoms. The van der Waals surface area contributed by atoms with E-state index in [1.807, 2.05) is 13.8 Å². The van der Waals surface area contributed by atoms with Crippen molar-refractivity contribution in [3.05, 3.63) is 54.1 Å². The van der Waals surface area contributed by atoms with Gasteiger partial charge in [-0.15, -0.1) is 0 Å². The van der Waals surface area contributed by atoms with Crippen molar-refractivity contribution in [2.75, 3.05) is 15.9 Å². The smallest absolute Gasteiger partial charge is 0.416 e. The Morgan fingerprint density at radius 1 is 1.07 bits per heavy atom. The van der Waals surface area contributed by atoms with Crippen molar-refractivity contribution in [2.45, 2.75) is 39.1 Å². The van der Waals surface area contributed by atoms with Crippen molar-refractivity contribution < 1.29 is 31.1 Å². The molecule has 2 aromatic rings. The molecule has 0 aliphatic rings. The Morgan fingerprint density at radius 2 is 1.67 bits per heavy atom. The molecule has 2 rings (SSSR count). The standard InChI is InChI=1S/C20H23F3N2O4S/c1-13(2)29-18-10-8-16(9-11-18)24-19(26)14(3)25(30(4,27)28)17-7-5-6-15(12-17)20(21,22)23/h5-14H,1-4H3,(H,24,26)/t14-/m1/s1. The average molecular weight is 444 g/mol. The van der Waals surface area contributed by atoms with Crippen molar-refractivity contribution in [1.29, 1.82) is 0 Å². The lowest BCUT2D eigenvalue weighted by Gasteiger charge is -2.28. The number of nitrogens with one attached hydrogen (secondary N) is 1. The molecule has 30 heavy (non-hydrogen) atoms. The number of carbonyl (C=O) groups is 1. The first-order valence-electron chi connectivity index (χ1n) is 9.03. The van der Waals surface area contributed by atoms with Crippen molar-refractivity contribution in [2.24, 2.45) is 0 Å². The summed E-state index contributed by atoms with van der Waals surface area (Å²) in [6, 6.07) is 8.97. The lowest BCUT2D eigenvalue weighted by molar-refractivity contribution is -0.137. The van der Waals surface area contributed by atoms with Crippen LogP contribution in [-0.4, -0.2) is 32.7 Å². The van der Waals surface area contributed by atoms with E-state index in [0.717, 1.165) is 18.4 Å². The molecule has 0 spiro atoms. The minimum atomic E-state index is -4.65. The Kier molecular flexibility index (Phi) is 7.02. The predicted octanol–water partition coefficient (Wildman–Crippen LogP) is 4.29. The third-order valence-electron chi connectivity index (χ3n) is 4.01. The van der Waals surface area contributed by atoms with Gasteiger partial charge in [0.1, 0.15) is 11.8 Å². The Bertz CT molecular complexity index is 990. The van der Waals surface area contributed by atoms with E-state index in [4.69, 9.17) is 4.74 Å². The first-order valence-corrected chi connectivity index (χ1v) is 10.9. The molecule has 1 N–H and O–H groups in total. The van der Waals surface area contributed by atoms with Crippen LogP contribution in [-0.2, 0) is 21.0 Å². The summed E-state index contributed by atoms with van der Waals surface area (Å²) in [4.78, 5) is 12.6. The normalized spacial score (nSPS) is 13.1. The highest BCUT2D eigenvalue weighted by Gasteiger charge is 2.34. The zero-order valence-electron chi connectivity index (χ0n) is 16.9. The van der Waals surface area contributed by atoms with Crippen LogP contribution in [0.15, 0.2) is 48.5 Å². The van der Waals surface area contributed by atoms with Crippen LogP contribution in [0.4, 0.5) is 24.5 Å². The number of hydrogen-bond donors (Lipinski definition) is 1. The molecule has 0 saturated carbocycles. The molecule has 1 atom stereocenters. The number of halogens is 3. The molecule has 0 aliphatic heterocycles. The molecule has 0 fully saturated rings. The van der Waals surface area contributed by atoms with Gasteiger partial charge in [-0.3, -0.25) is 9.10 Å². The van der Waals surface area contributed by atoms with E-state index in [1.54, 1.807) is 24.3 Å². The molecule has 0 unspecified atom stereocenters. The van der Waals surface area contributed by atoms with Crippen molar-refractivity contribution in [1.82, 2.24) is 0 Å². The molecule has 0 aliphatic carbocycles. The van der Waals surface area contributed by atoms with Gasteiger partial charge in [0, 0.05) is 5.69 Å². The van der Waals surface area contributed by atoms with Crippen molar-refractivity contribution >= 4 is 27.3 Å². The molecule has 0 heterocycles. The van der Waals surface area contributed by atoms with Gasteiger partial charge in [0.25, 0.3) is 0 Å². The number of nitrogens with zero attached hydrogens (tertiary/aromatic N) is 1. The Hall–Kier alpha value is -2.75. The summed E-state index contributed by atoms with van der Waals surface area (Å²) in [7, 11) is -4.05. The van der Waals surface area contributed by atoms with E-state index < -0.39 is 33.7 Å². The minimum absolute atomic E-state index is 0.0266. The molecule has 0 saturated heterocycles. The number of alkyl halides is 3. The highest BCUT2D eigenvalue weighted by molar-refractivity contribution is 7.92. The van der Waals surface area contributed by atoms with Crippen molar-refractivity contribution in [3.8, 4) is 5.75 Å². The fourth-order valence-electron chi connectivity index (χ4n) is 2.76. The fraction of sp³-hybridized carbons (Fsp3) is 0.350. The molecule has 6 nitrogen and oxygen atoms in total. The first kappa shape index (κ1) is 23.5. The van der Waals surface area contributed by atoms with E-state index >= 15 is 0 Å². The second-order valence-electron chi connectivity index (χ2n) is 6.96. The van der Waals surface area contributed by atoms with E-state index in [0.29, 0.717) is 21.8 Å². The summed E-state index contributed by atoms with van der Waals surface area (Å²) in [5.41, 5.74) is -0.877. The van der Waals surface area contributed by atoms with E-state index in [1.165, 1.54) is 13.0 Å². The summed E-state index contributed by atoms with van der Waals surface area (Å²) >= 11 is 0. The Morgan fingerprint density at radius 3 is 2.17 bits per heavy atom. The molecular weight excluding hydrogens is 421 g/mol. The van der Waals surface area contributed by atoms with Crippen molar-refractivity contribution in [3.63, 3.8) is 0 Å². The number of anilines is 2. The monoisotopic (exact) mass is 444 g/mol. The summed E-state index contributed by atoms with van der Waals surface area (Å²) in [5.74, 6) is -0.104. The third kappa shape index (κ3) is 6.12. The highest BCUT2D eigenvalue weighted by atomic mass is 32.2. The quantitative estimate of drug-likeness (QED) is 0.692. The van der Waals surface area contributed by atoms with E-state index in [2.05, 4.69) is 5.32 Å². The fourth-order valence-corrected chi connectivity index (χ4v) is 3.93. The largest absolute Gasteiger partial charge is 0.491 e. The second kappa shape index (κ2) is 8.95. The van der Waals surface area contributed by atoms with Gasteiger partial charge in [0.2, 0.25) is 15.9 Å². The maximum Gasteiger partial charge on any atom is 0.416 e. The van der Waals surface area contributed by atoms with Crippen LogP contribution >= 0.6 is 0 Å². The van der Waals surface area contributed by atoms with Crippen LogP contribution in [0.5, 0.6) is 5.75 Å². The van der Waals surface area contributed by atoms with Gasteiger partial charge < -0.3 is 10.1 Å². The molecular formula is C20H23F3N2O4S. The maximum absolute atomic E-state index is 13.0.